The summed E-state index contributed by atoms with van der Waals surface area (Å²) in [5.74, 6) is -21.9. The number of rotatable bonds is 5. The zero-order chi connectivity index (χ0) is 22.9. The third-order valence-electron chi connectivity index (χ3n) is 5.49. The molecule has 2 nitrogen and oxygen atoms in total. The van der Waals surface area contributed by atoms with Gasteiger partial charge in [-0.1, -0.05) is 6.58 Å². The summed E-state index contributed by atoms with van der Waals surface area (Å²) in [6.07, 6.45) is -17.1. The van der Waals surface area contributed by atoms with Gasteiger partial charge >= 0.3 is 36.1 Å². The Morgan fingerprint density at radius 2 is 1.21 bits per heavy atom. The minimum atomic E-state index is -7.08. The van der Waals surface area contributed by atoms with E-state index >= 15 is 0 Å². The Balaban J connectivity index is 2.32. The number of fused-ring (bicyclic) bond motifs is 2. The molecular weight excluding hydrogens is 440 g/mol. The first-order valence-corrected chi connectivity index (χ1v) is 7.86. The lowest BCUT2D eigenvalue weighted by Crippen LogP contribution is -2.65. The number of ether oxygens (including phenoxy) is 1. The van der Waals surface area contributed by atoms with Gasteiger partial charge in [-0.3, -0.25) is 0 Å². The van der Waals surface area contributed by atoms with Crippen LogP contribution in [0.2, 0.25) is 0 Å². The lowest BCUT2D eigenvalue weighted by atomic mass is 9.74. The highest BCUT2D eigenvalue weighted by atomic mass is 19.4. The quantitative estimate of drug-likeness (QED) is 0.299. The van der Waals surface area contributed by atoms with Crippen LogP contribution in [0.15, 0.2) is 12.2 Å². The molecule has 29 heavy (non-hydrogen) atoms. The molecule has 2 rings (SSSR count). The zero-order valence-corrected chi connectivity index (χ0v) is 14.1. The van der Waals surface area contributed by atoms with Crippen LogP contribution >= 0.6 is 0 Å². The van der Waals surface area contributed by atoms with Gasteiger partial charge in [-0.15, -0.1) is 0 Å². The number of esters is 1. The van der Waals surface area contributed by atoms with Crippen molar-refractivity contribution in [2.24, 2.45) is 5.41 Å². The molecule has 168 valence electrons. The van der Waals surface area contributed by atoms with Crippen molar-refractivity contribution in [2.45, 2.75) is 67.8 Å². The number of carbonyl (C=O) groups excluding carboxylic acids is 1. The Labute approximate surface area is 154 Å². The fraction of sp³-hybridized carbons (Fsp3) is 0.800. The van der Waals surface area contributed by atoms with Crippen LogP contribution in [0.25, 0.3) is 0 Å². The highest BCUT2D eigenvalue weighted by Crippen LogP contribution is 2.69. The number of hydrogen-bond donors (Lipinski definition) is 0. The van der Waals surface area contributed by atoms with Crippen molar-refractivity contribution in [3.05, 3.63) is 12.2 Å². The molecule has 0 saturated heterocycles. The fourth-order valence-electron chi connectivity index (χ4n) is 3.80. The van der Waals surface area contributed by atoms with E-state index in [4.69, 9.17) is 0 Å². The molecule has 2 fully saturated rings. The third kappa shape index (κ3) is 3.25. The summed E-state index contributed by atoms with van der Waals surface area (Å²) < 4.78 is 161. The molecule has 0 aromatic carbocycles. The van der Waals surface area contributed by atoms with Gasteiger partial charge in [0.25, 0.3) is 0 Å². The molecule has 14 heteroatoms. The van der Waals surface area contributed by atoms with Gasteiger partial charge < -0.3 is 4.74 Å². The maximum absolute atomic E-state index is 14.4. The summed E-state index contributed by atoms with van der Waals surface area (Å²) in [6.45, 7) is 2.42. The highest BCUT2D eigenvalue weighted by molar-refractivity contribution is 5.89. The SMILES string of the molecule is C=C(C(=O)OC12CCC(C(F)(F)C(F)(F)C(F)(F)C(F)(F)F)(CC1)C2)C(F)(F)F. The average Bonchev–Trinajstić information content (AvgIpc) is 3.09. The van der Waals surface area contributed by atoms with Crippen molar-refractivity contribution < 1.29 is 62.2 Å². The lowest BCUT2D eigenvalue weighted by molar-refractivity contribution is -0.411. The topological polar surface area (TPSA) is 26.3 Å². The van der Waals surface area contributed by atoms with Crippen LogP contribution in [-0.2, 0) is 9.53 Å². The maximum atomic E-state index is 14.4. The van der Waals surface area contributed by atoms with E-state index in [0.717, 1.165) is 0 Å². The third-order valence-corrected chi connectivity index (χ3v) is 5.49. The largest absolute Gasteiger partial charge is 0.460 e. The average molecular weight is 452 g/mol. The molecule has 0 amide bonds. The lowest BCUT2D eigenvalue weighted by Gasteiger charge is -2.42. The van der Waals surface area contributed by atoms with Crippen LogP contribution in [-0.4, -0.2) is 41.7 Å². The molecule has 0 aliphatic heterocycles. The molecule has 0 radical (unpaired) electrons. The van der Waals surface area contributed by atoms with Gasteiger partial charge in [-0.25, -0.2) is 4.79 Å². The van der Waals surface area contributed by atoms with Gasteiger partial charge in [-0.2, -0.15) is 52.7 Å². The smallest absolute Gasteiger partial charge is 0.455 e. The Morgan fingerprint density at radius 3 is 1.59 bits per heavy atom. The Kier molecular flexibility index (Phi) is 5.05. The molecule has 2 bridgehead atoms. The summed E-state index contributed by atoms with van der Waals surface area (Å²) in [5.41, 5.74) is -7.26. The summed E-state index contributed by atoms with van der Waals surface area (Å²) in [4.78, 5) is 11.5. The van der Waals surface area contributed by atoms with Gasteiger partial charge in [0.2, 0.25) is 0 Å². The summed E-state index contributed by atoms with van der Waals surface area (Å²) in [6, 6.07) is 0. The van der Waals surface area contributed by atoms with Gasteiger partial charge in [0.1, 0.15) is 11.2 Å². The molecule has 0 N–H and O–H groups in total. The van der Waals surface area contributed by atoms with E-state index < -0.39 is 84.8 Å². The molecule has 2 saturated carbocycles. The van der Waals surface area contributed by atoms with Gasteiger partial charge in [0.15, 0.2) is 0 Å². The molecule has 2 aliphatic rings. The second-order valence-corrected chi connectivity index (χ2v) is 7.23. The van der Waals surface area contributed by atoms with E-state index in [0.29, 0.717) is 0 Å². The van der Waals surface area contributed by atoms with Crippen LogP contribution in [0.5, 0.6) is 0 Å². The van der Waals surface area contributed by atoms with E-state index in [2.05, 4.69) is 11.3 Å². The van der Waals surface area contributed by atoms with Crippen LogP contribution < -0.4 is 0 Å². The molecular formula is C15H12F12O2. The number of alkyl halides is 12. The van der Waals surface area contributed by atoms with Gasteiger partial charge in [0, 0.05) is 5.41 Å². The maximum Gasteiger partial charge on any atom is 0.460 e. The second kappa shape index (κ2) is 6.19. The van der Waals surface area contributed by atoms with Crippen molar-refractivity contribution >= 4 is 5.97 Å². The van der Waals surface area contributed by atoms with Crippen LogP contribution in [0, 0.1) is 5.41 Å². The Morgan fingerprint density at radius 1 is 0.759 bits per heavy atom. The van der Waals surface area contributed by atoms with E-state index in [9.17, 15) is 57.5 Å². The van der Waals surface area contributed by atoms with Crippen LogP contribution in [0.3, 0.4) is 0 Å². The molecule has 0 heterocycles. The van der Waals surface area contributed by atoms with Crippen molar-refractivity contribution in [1.29, 1.82) is 0 Å². The highest BCUT2D eigenvalue weighted by Gasteiger charge is 2.86. The number of halogens is 12. The molecule has 2 aliphatic carbocycles. The summed E-state index contributed by atoms with van der Waals surface area (Å²) >= 11 is 0. The van der Waals surface area contributed by atoms with E-state index in [-0.39, 0.29) is 0 Å². The van der Waals surface area contributed by atoms with E-state index in [1.807, 2.05) is 0 Å². The molecule has 0 spiro atoms. The molecule has 0 aromatic heterocycles. The second-order valence-electron chi connectivity index (χ2n) is 7.23. The fourth-order valence-corrected chi connectivity index (χ4v) is 3.80. The van der Waals surface area contributed by atoms with Crippen LogP contribution in [0.4, 0.5) is 52.7 Å². The van der Waals surface area contributed by atoms with E-state index in [1.54, 1.807) is 0 Å². The normalized spacial score (nSPS) is 28.6. The first-order chi connectivity index (χ1) is 12.7. The van der Waals surface area contributed by atoms with Crippen molar-refractivity contribution in [1.82, 2.24) is 0 Å². The first kappa shape index (κ1) is 23.6. The predicted octanol–water partition coefficient (Wildman–Crippen LogP) is 5.82. The van der Waals surface area contributed by atoms with Gasteiger partial charge in [-0.05, 0) is 32.1 Å². The van der Waals surface area contributed by atoms with Crippen molar-refractivity contribution in [3.63, 3.8) is 0 Å². The Hall–Kier alpha value is -1.63. The summed E-state index contributed by atoms with van der Waals surface area (Å²) in [7, 11) is 0. The zero-order valence-electron chi connectivity index (χ0n) is 14.1. The molecule has 0 unspecified atom stereocenters. The molecule has 0 aromatic rings. The minimum Gasteiger partial charge on any atom is -0.455 e. The number of hydrogen-bond acceptors (Lipinski definition) is 2. The van der Waals surface area contributed by atoms with Crippen molar-refractivity contribution in [2.75, 3.05) is 0 Å². The van der Waals surface area contributed by atoms with Crippen LogP contribution in [0.1, 0.15) is 32.1 Å². The van der Waals surface area contributed by atoms with Gasteiger partial charge in [0.05, 0.1) is 0 Å². The number of carbonyl (C=O) groups is 1. The standard InChI is InChI=1S/C15H12F12O2/c1-7(11(16,17)18)8(28)29-10-4-2-9(6-10,3-5-10)12(19,20)13(21,22)14(23,24)15(25,26)27/h1-6H2. The van der Waals surface area contributed by atoms with Crippen molar-refractivity contribution in [3.8, 4) is 0 Å². The molecule has 0 atom stereocenters. The predicted molar refractivity (Wildman–Crippen MR) is 70.4 cm³/mol. The Bertz CT molecular complexity index is 695. The monoisotopic (exact) mass is 452 g/mol. The first-order valence-electron chi connectivity index (χ1n) is 7.86. The minimum absolute atomic E-state index is 0.715. The van der Waals surface area contributed by atoms with E-state index in [1.165, 1.54) is 0 Å². The summed E-state index contributed by atoms with van der Waals surface area (Å²) in [5, 5.41) is 0.